The van der Waals surface area contributed by atoms with Gasteiger partial charge in [0.2, 0.25) is 0 Å². The van der Waals surface area contributed by atoms with Gasteiger partial charge < -0.3 is 20.3 Å². The standard InChI is InChI=1S/C36H32ClF3N10O2S/c1-18-26(7-10-49(18)35(51)50-11-6-20(14-41)46-50)47(2)33-22-12-24(37)28(21-4-5-25(39)31-27(21)23(15-42)32(43)53-31)29(40)30(22)44-34(45-33)52-17-36-8-3-9-48(36)16-19(38)13-36/h4-6,11-12,18-19,26H,3,7-10,13,16-17,43H2,1-2H3/t18-,19-,26-,36+/m1/s1. The summed E-state index contributed by atoms with van der Waals surface area (Å²) in [6.07, 6.45) is 2.92. The van der Waals surface area contributed by atoms with E-state index < -0.39 is 29.4 Å². The van der Waals surface area contributed by atoms with E-state index in [1.54, 1.807) is 11.9 Å². The Kier molecular flexibility index (Phi) is 8.59. The highest BCUT2D eigenvalue weighted by molar-refractivity contribution is 7.23. The Bertz CT molecular complexity index is 2410. The fraction of sp³-hybridized carbons (Fsp3) is 0.389. The number of nitrogen functional groups attached to an aromatic ring is 1. The first-order chi connectivity index (χ1) is 25.4. The molecule has 3 aliphatic heterocycles. The van der Waals surface area contributed by atoms with Crippen LogP contribution in [0.3, 0.4) is 0 Å². The van der Waals surface area contributed by atoms with Crippen LogP contribution < -0.4 is 15.4 Å². The molecule has 3 saturated heterocycles. The maximum Gasteiger partial charge on any atom is 0.345 e. The average molecular weight is 761 g/mol. The molecule has 5 aromatic rings. The molecule has 0 spiro atoms. The summed E-state index contributed by atoms with van der Waals surface area (Å²) in [6, 6.07) is 8.24. The van der Waals surface area contributed by atoms with Crippen molar-refractivity contribution in [3.05, 3.63) is 58.4 Å². The molecule has 1 amide bonds. The number of ether oxygens (including phenoxy) is 1. The number of likely N-dealkylation sites (tertiary alicyclic amines) is 1. The molecular formula is C36H32ClF3N10O2S. The van der Waals surface area contributed by atoms with Gasteiger partial charge in [-0.25, -0.2) is 18.0 Å². The number of rotatable bonds is 6. The summed E-state index contributed by atoms with van der Waals surface area (Å²) < 4.78 is 54.2. The molecule has 0 saturated carbocycles. The molecule has 0 unspecified atom stereocenters. The molecule has 272 valence electrons. The molecule has 12 nitrogen and oxygen atoms in total. The zero-order valence-corrected chi connectivity index (χ0v) is 30.2. The first-order valence-electron chi connectivity index (χ1n) is 17.1. The highest BCUT2D eigenvalue weighted by atomic mass is 35.5. The molecule has 2 N–H and O–H groups in total. The smallest absolute Gasteiger partial charge is 0.345 e. The fourth-order valence-corrected chi connectivity index (χ4v) is 9.63. The molecule has 6 heterocycles. The van der Waals surface area contributed by atoms with Crippen LogP contribution in [0.2, 0.25) is 5.02 Å². The number of halogens is 4. The van der Waals surface area contributed by atoms with E-state index in [2.05, 4.69) is 15.0 Å². The van der Waals surface area contributed by atoms with E-state index >= 15 is 4.39 Å². The topological polar surface area (TPSA) is 153 Å². The molecule has 2 aromatic carbocycles. The Balaban J connectivity index is 1.23. The molecule has 8 rings (SSSR count). The van der Waals surface area contributed by atoms with Gasteiger partial charge in [0.25, 0.3) is 0 Å². The number of alkyl halides is 1. The van der Waals surface area contributed by atoms with E-state index in [4.69, 9.17) is 27.1 Å². The number of likely N-dealkylation sites (N-methyl/N-ethyl adjacent to an activating group) is 1. The van der Waals surface area contributed by atoms with Gasteiger partial charge in [0.1, 0.15) is 47.1 Å². The van der Waals surface area contributed by atoms with Crippen LogP contribution in [-0.4, -0.2) is 92.7 Å². The van der Waals surface area contributed by atoms with Crippen LogP contribution in [0.5, 0.6) is 6.01 Å². The van der Waals surface area contributed by atoms with Gasteiger partial charge in [0.15, 0.2) is 11.5 Å². The molecule has 3 aromatic heterocycles. The highest BCUT2D eigenvalue weighted by Gasteiger charge is 2.49. The van der Waals surface area contributed by atoms with Crippen LogP contribution in [-0.2, 0) is 0 Å². The second-order valence-corrected chi connectivity index (χ2v) is 15.3. The summed E-state index contributed by atoms with van der Waals surface area (Å²) in [5, 5.41) is 23.6. The van der Waals surface area contributed by atoms with Crippen molar-refractivity contribution < 1.29 is 22.7 Å². The lowest BCUT2D eigenvalue weighted by Gasteiger charge is -2.33. The molecule has 3 fully saturated rings. The Labute approximate surface area is 310 Å². The van der Waals surface area contributed by atoms with Crippen molar-refractivity contribution in [2.75, 3.05) is 43.9 Å². The fourth-order valence-electron chi connectivity index (χ4n) is 8.39. The van der Waals surface area contributed by atoms with Gasteiger partial charge in [0, 0.05) is 49.1 Å². The molecule has 3 aliphatic rings. The van der Waals surface area contributed by atoms with Gasteiger partial charge in [-0.15, -0.1) is 11.3 Å². The van der Waals surface area contributed by atoms with Crippen LogP contribution in [0.15, 0.2) is 30.5 Å². The van der Waals surface area contributed by atoms with E-state index in [9.17, 15) is 24.1 Å². The summed E-state index contributed by atoms with van der Waals surface area (Å²) in [7, 11) is 1.78. The monoisotopic (exact) mass is 760 g/mol. The highest BCUT2D eigenvalue weighted by Crippen LogP contribution is 2.46. The lowest BCUT2D eigenvalue weighted by molar-refractivity contribution is 0.107. The number of nitrogens with two attached hydrogens (primary N) is 1. The van der Waals surface area contributed by atoms with Crippen molar-refractivity contribution in [1.29, 1.82) is 10.5 Å². The van der Waals surface area contributed by atoms with Crippen molar-refractivity contribution in [3.63, 3.8) is 0 Å². The van der Waals surface area contributed by atoms with Gasteiger partial charge in [-0.2, -0.15) is 30.3 Å². The van der Waals surface area contributed by atoms with Gasteiger partial charge in [-0.1, -0.05) is 17.7 Å². The Hall–Kier alpha value is -5.16. The zero-order valence-electron chi connectivity index (χ0n) is 28.6. The second-order valence-electron chi connectivity index (χ2n) is 13.8. The van der Waals surface area contributed by atoms with Crippen LogP contribution >= 0.6 is 22.9 Å². The number of nitrogens with zero attached hydrogens (tertiary/aromatic N) is 9. The van der Waals surface area contributed by atoms with Gasteiger partial charge in [-0.3, -0.25) is 4.90 Å². The van der Waals surface area contributed by atoms with E-state index in [0.717, 1.165) is 35.4 Å². The zero-order chi connectivity index (χ0) is 37.3. The summed E-state index contributed by atoms with van der Waals surface area (Å²) >= 11 is 7.77. The Morgan fingerprint density at radius 3 is 2.79 bits per heavy atom. The summed E-state index contributed by atoms with van der Waals surface area (Å²) in [4.78, 5) is 28.3. The second kappa shape index (κ2) is 13.1. The van der Waals surface area contributed by atoms with Crippen molar-refractivity contribution in [1.82, 2.24) is 29.5 Å². The Morgan fingerprint density at radius 1 is 1.23 bits per heavy atom. The molecule has 4 atom stereocenters. The summed E-state index contributed by atoms with van der Waals surface area (Å²) in [5.41, 5.74) is 5.61. The minimum atomic E-state index is -0.986. The Morgan fingerprint density at radius 2 is 2.04 bits per heavy atom. The predicted octanol–water partition coefficient (Wildman–Crippen LogP) is 6.49. The molecule has 0 radical (unpaired) electrons. The number of hydrogen-bond donors (Lipinski definition) is 1. The van der Waals surface area contributed by atoms with Crippen LogP contribution in [0.25, 0.3) is 32.1 Å². The van der Waals surface area contributed by atoms with E-state index in [1.807, 2.05) is 24.0 Å². The molecular weight excluding hydrogens is 729 g/mol. The third-order valence-corrected chi connectivity index (χ3v) is 12.3. The van der Waals surface area contributed by atoms with Crippen LogP contribution in [0.1, 0.15) is 43.9 Å². The van der Waals surface area contributed by atoms with Crippen molar-refractivity contribution in [2.24, 2.45) is 0 Å². The third kappa shape index (κ3) is 5.59. The van der Waals surface area contributed by atoms with Crippen LogP contribution in [0.4, 0.5) is 28.8 Å². The number of carbonyl (C=O) groups is 1. The van der Waals surface area contributed by atoms with E-state index in [1.165, 1.54) is 30.5 Å². The molecule has 0 aliphatic carbocycles. The number of fused-ring (bicyclic) bond motifs is 3. The summed E-state index contributed by atoms with van der Waals surface area (Å²) in [6.45, 7) is 3.42. The lowest BCUT2D eigenvalue weighted by Crippen LogP contribution is -2.45. The predicted molar refractivity (Wildman–Crippen MR) is 194 cm³/mol. The maximum atomic E-state index is 17.2. The SMILES string of the molecule is C[C@@H]1[C@H](N(C)c2nc(OC[C@@]34CCCN3C[C@H](F)C4)nc3c(F)c(-c4ccc(F)c5sc(N)c(C#N)c45)c(Cl)cc23)CCN1C(=O)n1ccc(C#N)n1. The molecule has 0 bridgehead atoms. The van der Waals surface area contributed by atoms with Gasteiger partial charge in [0.05, 0.1) is 32.9 Å². The van der Waals surface area contributed by atoms with Crippen molar-refractivity contribution in [2.45, 2.75) is 56.4 Å². The number of benzene rings is 2. The third-order valence-electron chi connectivity index (χ3n) is 11.0. The minimum Gasteiger partial charge on any atom is -0.461 e. The maximum absolute atomic E-state index is 17.2. The molecule has 17 heteroatoms. The number of hydrogen-bond acceptors (Lipinski definition) is 11. The normalized spacial score (nSPS) is 22.7. The first kappa shape index (κ1) is 34.9. The largest absolute Gasteiger partial charge is 0.461 e. The number of anilines is 2. The van der Waals surface area contributed by atoms with Crippen molar-refractivity contribution in [3.8, 4) is 29.3 Å². The number of aromatic nitrogens is 4. The van der Waals surface area contributed by atoms with Crippen LogP contribution in [0, 0.1) is 34.3 Å². The number of nitriles is 2. The average Bonchev–Trinajstić information content (AvgIpc) is 3.96. The first-order valence-corrected chi connectivity index (χ1v) is 18.3. The van der Waals surface area contributed by atoms with E-state index in [0.29, 0.717) is 25.9 Å². The molecule has 53 heavy (non-hydrogen) atoms. The minimum absolute atomic E-state index is 0.0126. The number of amides is 1. The summed E-state index contributed by atoms with van der Waals surface area (Å²) in [5.74, 6) is -1.17. The van der Waals surface area contributed by atoms with Crippen molar-refractivity contribution >= 4 is 60.8 Å². The van der Waals surface area contributed by atoms with Gasteiger partial charge >= 0.3 is 12.0 Å². The van der Waals surface area contributed by atoms with Gasteiger partial charge in [-0.05, 0) is 56.5 Å². The number of carbonyl (C=O) groups excluding carboxylic acids is 1. The van der Waals surface area contributed by atoms with E-state index in [-0.39, 0.29) is 83.9 Å². The lowest BCUT2D eigenvalue weighted by atomic mass is 9.95. The number of thiophene rings is 1. The quantitative estimate of drug-likeness (QED) is 0.203.